The first-order chi connectivity index (χ1) is 19.0. The monoisotopic (exact) mass is 579 g/mol. The van der Waals surface area contributed by atoms with E-state index in [0.717, 1.165) is 32.1 Å². The number of nitrogens with zero attached hydrogens (tertiary/aromatic N) is 3. The summed E-state index contributed by atoms with van der Waals surface area (Å²) in [5.41, 5.74) is 5.89. The molecule has 1 heterocycles. The van der Waals surface area contributed by atoms with Crippen LogP contribution in [0.15, 0.2) is 4.99 Å². The van der Waals surface area contributed by atoms with Gasteiger partial charge in [-0.1, -0.05) is 39.0 Å². The summed E-state index contributed by atoms with van der Waals surface area (Å²) in [6.07, 6.45) is 6.91. The number of aromatic nitrogens is 3. The number of rotatable bonds is 15. The highest BCUT2D eigenvalue weighted by atomic mass is 31.1. The Hall–Kier alpha value is -3.08. The first kappa shape index (κ1) is 33.1. The third-order valence-corrected chi connectivity index (χ3v) is 7.51. The fourth-order valence-corrected chi connectivity index (χ4v) is 5.25. The average Bonchev–Trinajstić information content (AvgIpc) is 3.34. The number of aromatic amines is 1. The van der Waals surface area contributed by atoms with E-state index in [9.17, 15) is 19.2 Å². The molecule has 1 aliphatic rings. The molecule has 0 spiro atoms. The molecule has 0 bridgehead atoms. The number of hydrogen-bond donors (Lipinski definition) is 6. The van der Waals surface area contributed by atoms with E-state index in [0.29, 0.717) is 37.6 Å². The van der Waals surface area contributed by atoms with Gasteiger partial charge in [-0.2, -0.15) is 0 Å². The van der Waals surface area contributed by atoms with Gasteiger partial charge in [0, 0.05) is 6.54 Å². The van der Waals surface area contributed by atoms with Crippen LogP contribution in [0.4, 0.5) is 0 Å². The molecular formula is C26H46N9O4P. The Morgan fingerprint density at radius 2 is 1.70 bits per heavy atom. The lowest BCUT2D eigenvalue weighted by molar-refractivity contribution is -0.132. The molecule has 1 saturated carbocycles. The smallest absolute Gasteiger partial charge is 0.291 e. The minimum atomic E-state index is -0.920. The molecule has 1 aromatic rings. The van der Waals surface area contributed by atoms with Crippen LogP contribution in [0.3, 0.4) is 0 Å². The van der Waals surface area contributed by atoms with E-state index in [1.807, 2.05) is 13.3 Å². The van der Waals surface area contributed by atoms with Crippen molar-refractivity contribution in [3.05, 3.63) is 11.6 Å². The average molecular weight is 580 g/mol. The number of H-pyrrole nitrogens is 1. The van der Waals surface area contributed by atoms with Crippen LogP contribution in [0.5, 0.6) is 0 Å². The van der Waals surface area contributed by atoms with Crippen molar-refractivity contribution in [3.8, 4) is 0 Å². The number of amides is 3. The third-order valence-electron chi connectivity index (χ3n) is 6.84. The van der Waals surface area contributed by atoms with Gasteiger partial charge in [0.15, 0.2) is 11.7 Å². The van der Waals surface area contributed by atoms with Crippen LogP contribution in [0.25, 0.3) is 0 Å². The number of hydrogen-bond acceptors (Lipinski definition) is 7. The van der Waals surface area contributed by atoms with E-state index >= 15 is 0 Å². The van der Waals surface area contributed by atoms with Crippen molar-refractivity contribution in [1.82, 2.24) is 36.2 Å². The van der Waals surface area contributed by atoms with Crippen LogP contribution in [0, 0.1) is 12.8 Å². The molecule has 1 fully saturated rings. The molecule has 14 heteroatoms. The van der Waals surface area contributed by atoms with Crippen LogP contribution in [-0.4, -0.2) is 82.6 Å². The summed E-state index contributed by atoms with van der Waals surface area (Å²) < 4.78 is 0. The number of Topliss-reactive ketones (excluding diaryl/α,β-unsaturated/α-hetero) is 1. The molecule has 0 saturated heterocycles. The van der Waals surface area contributed by atoms with E-state index < -0.39 is 43.9 Å². The van der Waals surface area contributed by atoms with Gasteiger partial charge in [0.1, 0.15) is 17.9 Å². The van der Waals surface area contributed by atoms with Crippen LogP contribution < -0.4 is 26.8 Å². The molecule has 1 aromatic heterocycles. The van der Waals surface area contributed by atoms with Crippen molar-refractivity contribution < 1.29 is 19.2 Å². The number of nitrogens with one attached hydrogen (secondary N) is 5. The van der Waals surface area contributed by atoms with Crippen molar-refractivity contribution in [1.29, 1.82) is 0 Å². The minimum Gasteiger partial charge on any atom is -0.370 e. The summed E-state index contributed by atoms with van der Waals surface area (Å²) in [5.74, 6) is -0.594. The standard InChI is InChI=1S/C26H46N9O4P/c1-6-19(16(2)36)30-23(37)20(13-10-14-28-26(27)35-40(4)5)31-24(38)21(15-18-11-8-7-9-12-18)32-25(39)22-29-17(3)33-34-22/h18-21H,6-15H2,1-5H3,(H,30,37)(H,31,38)(H,32,39)(H3,27,28,35)(H,29,33,34)/t19-,20-,21-/m0/s1. The van der Waals surface area contributed by atoms with Crippen molar-refractivity contribution in [2.75, 3.05) is 19.9 Å². The molecular weight excluding hydrogens is 533 g/mol. The summed E-state index contributed by atoms with van der Waals surface area (Å²) in [6, 6.07) is -2.44. The number of carbonyl (C=O) groups is 4. The van der Waals surface area contributed by atoms with Crippen molar-refractivity contribution in [3.63, 3.8) is 0 Å². The molecule has 3 atom stereocenters. The maximum atomic E-state index is 13.6. The minimum absolute atomic E-state index is 0.0487. The van der Waals surface area contributed by atoms with Gasteiger partial charge in [-0.25, -0.2) is 4.98 Å². The number of ketones is 1. The topological polar surface area (TPSA) is 196 Å². The van der Waals surface area contributed by atoms with E-state index in [1.54, 1.807) is 13.8 Å². The summed E-state index contributed by atoms with van der Waals surface area (Å²) in [4.78, 5) is 60.0. The van der Waals surface area contributed by atoms with Crippen LogP contribution in [0.1, 0.15) is 88.1 Å². The molecule has 0 aliphatic heterocycles. The number of aliphatic imine (C=N–C) groups is 1. The van der Waals surface area contributed by atoms with E-state index in [2.05, 4.69) is 41.2 Å². The lowest BCUT2D eigenvalue weighted by Gasteiger charge is -2.28. The van der Waals surface area contributed by atoms with Crippen molar-refractivity contribution in [2.45, 2.75) is 96.7 Å². The Kier molecular flexibility index (Phi) is 14.0. The molecule has 0 radical (unpaired) electrons. The largest absolute Gasteiger partial charge is 0.370 e. The lowest BCUT2D eigenvalue weighted by atomic mass is 9.84. The summed E-state index contributed by atoms with van der Waals surface area (Å²) >= 11 is 0. The van der Waals surface area contributed by atoms with E-state index in [1.165, 1.54) is 6.92 Å². The number of nitrogens with two attached hydrogens (primary N) is 1. The van der Waals surface area contributed by atoms with E-state index in [-0.39, 0.29) is 23.9 Å². The Bertz CT molecular complexity index is 1020. The number of guanidine groups is 1. The van der Waals surface area contributed by atoms with Crippen molar-refractivity contribution >= 4 is 37.5 Å². The van der Waals surface area contributed by atoms with Gasteiger partial charge in [0.25, 0.3) is 5.91 Å². The summed E-state index contributed by atoms with van der Waals surface area (Å²) in [7, 11) is -0.456. The zero-order valence-electron chi connectivity index (χ0n) is 24.4. The Morgan fingerprint density at radius 1 is 1.05 bits per heavy atom. The summed E-state index contributed by atoms with van der Waals surface area (Å²) in [6.45, 7) is 9.29. The lowest BCUT2D eigenvalue weighted by Crippen LogP contribution is -2.56. The van der Waals surface area contributed by atoms with Gasteiger partial charge in [-0.05, 0) is 66.9 Å². The quantitative estimate of drug-likeness (QED) is 0.0777. The van der Waals surface area contributed by atoms with Gasteiger partial charge >= 0.3 is 0 Å². The highest BCUT2D eigenvalue weighted by Crippen LogP contribution is 2.27. The highest BCUT2D eigenvalue weighted by Gasteiger charge is 2.31. The molecule has 40 heavy (non-hydrogen) atoms. The highest BCUT2D eigenvalue weighted by molar-refractivity contribution is 7.54. The zero-order chi connectivity index (χ0) is 29.7. The second kappa shape index (κ2) is 16.9. The SMILES string of the molecule is CC[C@H](NC(=O)[C@H](CCCN=C(N)NP(C)C)NC(=O)[C@H](CC1CCCCC1)NC(=O)c1n[nH]c(C)n1)C(C)=O. The molecule has 3 amide bonds. The zero-order valence-corrected chi connectivity index (χ0v) is 25.3. The van der Waals surface area contributed by atoms with Crippen LogP contribution in [-0.2, 0) is 14.4 Å². The van der Waals surface area contributed by atoms with Crippen LogP contribution >= 0.6 is 8.07 Å². The molecule has 224 valence electrons. The number of carbonyl (C=O) groups excluding carboxylic acids is 4. The fraction of sp³-hybridized carbons (Fsp3) is 0.731. The predicted molar refractivity (Wildman–Crippen MR) is 156 cm³/mol. The first-order valence-corrected chi connectivity index (χ1v) is 16.3. The first-order valence-electron chi connectivity index (χ1n) is 14.0. The third kappa shape index (κ3) is 11.6. The fourth-order valence-electron chi connectivity index (χ4n) is 4.72. The number of aryl methyl sites for hydroxylation is 1. The summed E-state index contributed by atoms with van der Waals surface area (Å²) in [5, 5.41) is 18.0. The van der Waals surface area contributed by atoms with Gasteiger partial charge in [0.2, 0.25) is 17.6 Å². The van der Waals surface area contributed by atoms with Gasteiger partial charge in [0.05, 0.1) is 6.04 Å². The molecule has 1 aliphatic carbocycles. The second-order valence-electron chi connectivity index (χ2n) is 10.6. The van der Waals surface area contributed by atoms with Gasteiger partial charge in [-0.15, -0.1) is 5.10 Å². The molecule has 0 unspecified atom stereocenters. The van der Waals surface area contributed by atoms with E-state index in [4.69, 9.17) is 5.73 Å². The van der Waals surface area contributed by atoms with Gasteiger partial charge < -0.3 is 26.8 Å². The van der Waals surface area contributed by atoms with Crippen molar-refractivity contribution in [2.24, 2.45) is 16.6 Å². The molecule has 13 nitrogen and oxygen atoms in total. The van der Waals surface area contributed by atoms with Gasteiger partial charge in [-0.3, -0.25) is 29.3 Å². The van der Waals surface area contributed by atoms with Crippen LogP contribution in [0.2, 0.25) is 0 Å². The normalized spacial score (nSPS) is 16.6. The maximum Gasteiger partial charge on any atom is 0.291 e. The molecule has 2 rings (SSSR count). The second-order valence-corrected chi connectivity index (χ2v) is 12.6. The maximum absolute atomic E-state index is 13.6. The Balaban J connectivity index is 2.17. The molecule has 7 N–H and O–H groups in total. The Labute approximate surface area is 237 Å². The predicted octanol–water partition coefficient (Wildman–Crippen LogP) is 1.49. The molecule has 0 aromatic carbocycles. The Morgan fingerprint density at radius 3 is 2.27 bits per heavy atom.